The van der Waals surface area contributed by atoms with Crippen LogP contribution in [0.4, 0.5) is 11.9 Å². The van der Waals surface area contributed by atoms with E-state index in [1.54, 1.807) is 21.1 Å². The fourth-order valence-corrected chi connectivity index (χ4v) is 2.53. The highest BCUT2D eigenvalue weighted by Gasteiger charge is 2.07. The maximum absolute atomic E-state index is 10.2. The Morgan fingerprint density at radius 2 is 1.40 bits per heavy atom. The van der Waals surface area contributed by atoms with Crippen molar-refractivity contribution in [2.75, 3.05) is 11.5 Å². The van der Waals surface area contributed by atoms with Crippen molar-refractivity contribution < 1.29 is 0 Å². The number of hydrogen-bond donors (Lipinski definition) is 5. The van der Waals surface area contributed by atoms with Crippen LogP contribution < -0.4 is 28.5 Å². The fourth-order valence-electron chi connectivity index (χ4n) is 2.53. The minimum Gasteiger partial charge on any atom is -0.368 e. The van der Waals surface area contributed by atoms with Gasteiger partial charge in [-0.15, -0.1) is 0 Å². The van der Waals surface area contributed by atoms with Gasteiger partial charge in [-0.25, -0.2) is 19.4 Å². The summed E-state index contributed by atoms with van der Waals surface area (Å²) in [7, 11) is 0. The van der Waals surface area contributed by atoms with Gasteiger partial charge in [0.15, 0.2) is 0 Å². The largest absolute Gasteiger partial charge is 0.368 e. The van der Waals surface area contributed by atoms with Crippen LogP contribution in [0.2, 0.25) is 0 Å². The molecule has 0 amide bonds. The molecule has 0 aliphatic carbocycles. The Morgan fingerprint density at radius 1 is 0.833 bits per heavy atom. The molecule has 4 aromatic rings. The van der Waals surface area contributed by atoms with E-state index < -0.39 is 17.1 Å². The third-order valence-electron chi connectivity index (χ3n) is 3.72. The van der Waals surface area contributed by atoms with Crippen LogP contribution in [0.1, 0.15) is 5.82 Å². The smallest absolute Gasteiger partial charge is 0.330 e. The number of H-pyrrole nitrogens is 3. The number of rotatable bonds is 4. The summed E-state index contributed by atoms with van der Waals surface area (Å²) >= 11 is 0. The SMILES string of the molecule is Nc1nc(N)nc(CCn2ccnc2-c2ccccc2)n1.O=c1[nH]c(=O)[nH]c(=O)[nH]1. The minimum atomic E-state index is -0.802. The first-order chi connectivity index (χ1) is 14.4. The van der Waals surface area contributed by atoms with E-state index >= 15 is 0 Å². The van der Waals surface area contributed by atoms with Crippen LogP contribution >= 0.6 is 0 Å². The molecule has 30 heavy (non-hydrogen) atoms. The normalized spacial score (nSPS) is 10.3. The van der Waals surface area contributed by atoms with Crippen molar-refractivity contribution in [2.45, 2.75) is 13.0 Å². The summed E-state index contributed by atoms with van der Waals surface area (Å²) in [6, 6.07) is 10.0. The summed E-state index contributed by atoms with van der Waals surface area (Å²) in [4.78, 5) is 52.2. The molecule has 0 saturated carbocycles. The molecule has 0 saturated heterocycles. The zero-order chi connectivity index (χ0) is 21.5. The second kappa shape index (κ2) is 9.09. The van der Waals surface area contributed by atoms with Gasteiger partial charge in [0.05, 0.1) is 0 Å². The lowest BCUT2D eigenvalue weighted by Gasteiger charge is -2.07. The molecule has 13 heteroatoms. The number of nitrogens with two attached hydrogens (primary N) is 2. The van der Waals surface area contributed by atoms with Crippen LogP contribution in [0.15, 0.2) is 57.1 Å². The van der Waals surface area contributed by atoms with Crippen LogP contribution in [0.5, 0.6) is 0 Å². The Hall–Kier alpha value is -4.55. The van der Waals surface area contributed by atoms with Crippen molar-refractivity contribution in [3.05, 3.63) is 80.0 Å². The third-order valence-corrected chi connectivity index (χ3v) is 3.72. The number of nitrogens with zero attached hydrogens (tertiary/aromatic N) is 5. The van der Waals surface area contributed by atoms with Crippen LogP contribution in [0.3, 0.4) is 0 Å². The van der Waals surface area contributed by atoms with Crippen LogP contribution in [-0.4, -0.2) is 39.5 Å². The number of aryl methyl sites for hydroxylation is 2. The van der Waals surface area contributed by atoms with E-state index in [-0.39, 0.29) is 11.9 Å². The predicted molar refractivity (Wildman–Crippen MR) is 108 cm³/mol. The molecule has 4 rings (SSSR count). The van der Waals surface area contributed by atoms with Crippen LogP contribution in [0.25, 0.3) is 11.4 Å². The van der Waals surface area contributed by atoms with Gasteiger partial charge in [0.2, 0.25) is 11.9 Å². The van der Waals surface area contributed by atoms with Gasteiger partial charge in [-0.2, -0.15) is 15.0 Å². The molecule has 0 unspecified atom stereocenters. The summed E-state index contributed by atoms with van der Waals surface area (Å²) in [5.74, 6) is 1.77. The lowest BCUT2D eigenvalue weighted by molar-refractivity contribution is 0.676. The number of benzene rings is 1. The van der Waals surface area contributed by atoms with Crippen LogP contribution in [0, 0.1) is 0 Å². The van der Waals surface area contributed by atoms with Crippen molar-refractivity contribution in [1.82, 2.24) is 39.5 Å². The van der Waals surface area contributed by atoms with Crippen molar-refractivity contribution in [2.24, 2.45) is 0 Å². The second-order valence-electron chi connectivity index (χ2n) is 5.89. The van der Waals surface area contributed by atoms with Gasteiger partial charge < -0.3 is 16.0 Å². The van der Waals surface area contributed by atoms with Crippen molar-refractivity contribution in [3.8, 4) is 11.4 Å². The average molecular weight is 410 g/mol. The molecule has 0 aliphatic rings. The summed E-state index contributed by atoms with van der Waals surface area (Å²) in [5, 5.41) is 0. The van der Waals surface area contributed by atoms with Crippen molar-refractivity contribution >= 4 is 11.9 Å². The van der Waals surface area contributed by atoms with Crippen molar-refractivity contribution in [1.29, 1.82) is 0 Å². The van der Waals surface area contributed by atoms with Gasteiger partial charge >= 0.3 is 17.1 Å². The first-order valence-corrected chi connectivity index (χ1v) is 8.66. The molecule has 0 fully saturated rings. The maximum atomic E-state index is 10.2. The number of aromatic amines is 3. The fraction of sp³-hybridized carbons (Fsp3) is 0.118. The highest BCUT2D eigenvalue weighted by Crippen LogP contribution is 2.17. The molecule has 0 atom stereocenters. The monoisotopic (exact) mass is 410 g/mol. The molecule has 0 aliphatic heterocycles. The van der Waals surface area contributed by atoms with Gasteiger partial charge in [0.25, 0.3) is 0 Å². The molecule has 0 spiro atoms. The van der Waals surface area contributed by atoms with Crippen molar-refractivity contribution in [3.63, 3.8) is 0 Å². The molecule has 7 N–H and O–H groups in total. The number of aromatic nitrogens is 8. The highest BCUT2D eigenvalue weighted by atomic mass is 16.2. The Balaban J connectivity index is 0.000000239. The summed E-state index contributed by atoms with van der Waals surface area (Å²) in [6.07, 6.45) is 4.31. The predicted octanol–water partition coefficient (Wildman–Crippen LogP) is -1.11. The van der Waals surface area contributed by atoms with E-state index in [1.807, 2.05) is 41.1 Å². The molecular formula is C17H18N10O3. The Labute approximate surface area is 167 Å². The van der Waals surface area contributed by atoms with Gasteiger partial charge in [0.1, 0.15) is 11.6 Å². The van der Waals surface area contributed by atoms with Crippen LogP contribution in [-0.2, 0) is 13.0 Å². The number of imidazole rings is 1. The average Bonchev–Trinajstić information content (AvgIpc) is 3.14. The molecule has 0 radical (unpaired) electrons. The Bertz CT molecular complexity index is 1190. The van der Waals surface area contributed by atoms with Gasteiger partial charge in [-0.3, -0.25) is 15.0 Å². The lowest BCUT2D eigenvalue weighted by atomic mass is 10.2. The number of hydrogen-bond acceptors (Lipinski definition) is 9. The lowest BCUT2D eigenvalue weighted by Crippen LogP contribution is -2.34. The summed E-state index contributed by atoms with van der Waals surface area (Å²) < 4.78 is 2.05. The van der Waals surface area contributed by atoms with E-state index in [0.717, 1.165) is 11.4 Å². The van der Waals surface area contributed by atoms with E-state index in [9.17, 15) is 14.4 Å². The topological polar surface area (TPSA) is 207 Å². The molecule has 1 aromatic carbocycles. The van der Waals surface area contributed by atoms with Gasteiger partial charge in [-0.05, 0) is 0 Å². The molecular weight excluding hydrogens is 392 g/mol. The first kappa shape index (κ1) is 20.2. The number of nitrogen functional groups attached to an aromatic ring is 2. The molecule has 154 valence electrons. The quantitative estimate of drug-likeness (QED) is 0.276. The number of nitrogens with one attached hydrogen (secondary N) is 3. The van der Waals surface area contributed by atoms with E-state index in [0.29, 0.717) is 18.8 Å². The van der Waals surface area contributed by atoms with E-state index in [4.69, 9.17) is 11.5 Å². The van der Waals surface area contributed by atoms with E-state index in [2.05, 4.69) is 19.9 Å². The Morgan fingerprint density at radius 3 is 1.97 bits per heavy atom. The summed E-state index contributed by atoms with van der Waals surface area (Å²) in [6.45, 7) is 0.688. The second-order valence-corrected chi connectivity index (χ2v) is 5.89. The number of anilines is 2. The zero-order valence-corrected chi connectivity index (χ0v) is 15.6. The maximum Gasteiger partial charge on any atom is 0.330 e. The first-order valence-electron chi connectivity index (χ1n) is 8.66. The third kappa shape index (κ3) is 5.48. The highest BCUT2D eigenvalue weighted by molar-refractivity contribution is 5.55. The molecule has 3 heterocycles. The Kier molecular flexibility index (Phi) is 6.12. The molecule has 0 bridgehead atoms. The zero-order valence-electron chi connectivity index (χ0n) is 15.6. The van der Waals surface area contributed by atoms with E-state index in [1.165, 1.54) is 0 Å². The molecule has 13 nitrogen and oxygen atoms in total. The summed E-state index contributed by atoms with van der Waals surface area (Å²) in [5.41, 5.74) is 9.80. The van der Waals surface area contributed by atoms with Gasteiger partial charge in [0, 0.05) is 30.9 Å². The van der Waals surface area contributed by atoms with Gasteiger partial charge in [-0.1, -0.05) is 30.3 Å². The minimum absolute atomic E-state index is 0.145. The standard InChI is InChI=1S/C14H15N7.C3H3N3O3/c15-13-18-11(19-14(16)20-13)6-8-21-9-7-17-12(21)10-4-2-1-3-5-10;7-1-4-2(8)6-3(9)5-1/h1-5,7,9H,6,8H2,(H4,15,16,18,19,20);(H3,4,5,6,7,8,9). The molecule has 3 aromatic heterocycles.